The topological polar surface area (TPSA) is 84.2 Å². The van der Waals surface area contributed by atoms with Crippen molar-refractivity contribution in [2.45, 2.75) is 19.4 Å². The van der Waals surface area contributed by atoms with Gasteiger partial charge in [-0.1, -0.05) is 18.2 Å². The lowest BCUT2D eigenvalue weighted by Crippen LogP contribution is -2.38. The van der Waals surface area contributed by atoms with E-state index in [1.54, 1.807) is 44.2 Å². The van der Waals surface area contributed by atoms with Gasteiger partial charge in [0.2, 0.25) is 0 Å². The van der Waals surface area contributed by atoms with Crippen LogP contribution in [0.15, 0.2) is 70.8 Å². The quantitative estimate of drug-likeness (QED) is 0.519. The number of aliphatic hydroxyl groups is 1. The second-order valence-electron chi connectivity index (χ2n) is 7.30. The summed E-state index contributed by atoms with van der Waals surface area (Å²) in [4.78, 5) is 30.7. The Balaban J connectivity index is 1.55. The highest BCUT2D eigenvalue weighted by Crippen LogP contribution is 2.24. The molecule has 0 aliphatic rings. The van der Waals surface area contributed by atoms with Crippen LogP contribution < -0.4 is 10.9 Å². The van der Waals surface area contributed by atoms with Crippen molar-refractivity contribution in [3.05, 3.63) is 92.7 Å². The summed E-state index contributed by atoms with van der Waals surface area (Å²) in [7, 11) is 0. The number of carbonyl (C=O) groups excluding carboxylic acids is 1. The first-order valence-electron chi connectivity index (χ1n) is 9.50. The van der Waals surface area contributed by atoms with E-state index in [1.165, 1.54) is 15.9 Å². The van der Waals surface area contributed by atoms with Gasteiger partial charge in [-0.2, -0.15) is 0 Å². The molecule has 2 aromatic heterocycles. The van der Waals surface area contributed by atoms with E-state index < -0.39 is 5.60 Å². The molecule has 0 bridgehead atoms. The molecule has 0 saturated heterocycles. The molecule has 1 amide bonds. The minimum absolute atomic E-state index is 0.0985. The minimum atomic E-state index is -1.13. The molecule has 1 atom stereocenters. The molecular formula is C23H21N3O3S. The van der Waals surface area contributed by atoms with E-state index in [-0.39, 0.29) is 18.0 Å². The Hall–Kier alpha value is -3.29. The predicted octanol–water partition coefficient (Wildman–Crippen LogP) is 3.39. The number of para-hydroxylation sites is 1. The van der Waals surface area contributed by atoms with E-state index in [4.69, 9.17) is 0 Å². The summed E-state index contributed by atoms with van der Waals surface area (Å²) >= 11 is 1.44. The molecule has 4 aromatic rings. The van der Waals surface area contributed by atoms with Gasteiger partial charge in [-0.3, -0.25) is 14.2 Å². The zero-order valence-corrected chi connectivity index (χ0v) is 17.4. The number of hydrogen-bond donors (Lipinski definition) is 2. The number of nitrogens with zero attached hydrogens (tertiary/aromatic N) is 2. The van der Waals surface area contributed by atoms with Crippen LogP contribution in [0.4, 0.5) is 0 Å². The summed E-state index contributed by atoms with van der Waals surface area (Å²) in [6.07, 6.45) is 0. The summed E-state index contributed by atoms with van der Waals surface area (Å²) in [5.41, 5.74) is 0.454. The van der Waals surface area contributed by atoms with Crippen LogP contribution in [0.5, 0.6) is 0 Å². The molecule has 0 radical (unpaired) electrons. The first kappa shape index (κ1) is 20.0. The molecule has 0 aliphatic heterocycles. The van der Waals surface area contributed by atoms with Gasteiger partial charge in [-0.15, -0.1) is 11.3 Å². The number of hydrogen-bond acceptors (Lipinski definition) is 5. The first-order chi connectivity index (χ1) is 14.4. The van der Waals surface area contributed by atoms with E-state index in [9.17, 15) is 14.7 Å². The Morgan fingerprint density at radius 3 is 2.57 bits per heavy atom. The average molecular weight is 420 g/mol. The van der Waals surface area contributed by atoms with Gasteiger partial charge in [0.25, 0.3) is 11.5 Å². The maximum Gasteiger partial charge on any atom is 0.265 e. The summed E-state index contributed by atoms with van der Waals surface area (Å²) in [6, 6.07) is 17.7. The first-order valence-corrected chi connectivity index (χ1v) is 10.4. The molecule has 2 aromatic carbocycles. The number of rotatable bonds is 5. The van der Waals surface area contributed by atoms with Gasteiger partial charge in [0, 0.05) is 10.4 Å². The van der Waals surface area contributed by atoms with Crippen LogP contribution in [0, 0.1) is 6.92 Å². The van der Waals surface area contributed by atoms with Gasteiger partial charge in [-0.05, 0) is 61.7 Å². The van der Waals surface area contributed by atoms with Gasteiger partial charge >= 0.3 is 0 Å². The number of aromatic nitrogens is 2. The van der Waals surface area contributed by atoms with Gasteiger partial charge in [-0.25, -0.2) is 4.98 Å². The highest BCUT2D eigenvalue weighted by atomic mass is 32.1. The minimum Gasteiger partial charge on any atom is -0.383 e. The van der Waals surface area contributed by atoms with E-state index in [0.717, 1.165) is 4.88 Å². The van der Waals surface area contributed by atoms with E-state index >= 15 is 0 Å². The van der Waals surface area contributed by atoms with Crippen LogP contribution in [0.3, 0.4) is 0 Å². The molecular weight excluding hydrogens is 398 g/mol. The SMILES string of the molecule is Cc1nc2ccccc2c(=O)n1-c1ccc(C(=O)NC[C@@](C)(O)c2cccs2)cc1. The van der Waals surface area contributed by atoms with Crippen LogP contribution >= 0.6 is 11.3 Å². The maximum atomic E-state index is 12.9. The lowest BCUT2D eigenvalue weighted by atomic mass is 10.0. The molecule has 2 heterocycles. The number of amides is 1. The van der Waals surface area contributed by atoms with Crippen molar-refractivity contribution in [1.82, 2.24) is 14.9 Å². The zero-order chi connectivity index (χ0) is 21.3. The standard InChI is InChI=1S/C23H21N3O3S/c1-15-25-19-7-4-3-6-18(19)22(28)26(15)17-11-9-16(10-12-17)21(27)24-14-23(2,29)20-8-5-13-30-20/h3-13,29H,14H2,1-2H3,(H,24,27)/t23-/m1/s1. The molecule has 7 heteroatoms. The predicted molar refractivity (Wildman–Crippen MR) is 118 cm³/mol. The van der Waals surface area contributed by atoms with Gasteiger partial charge in [0.15, 0.2) is 0 Å². The summed E-state index contributed by atoms with van der Waals surface area (Å²) in [6.45, 7) is 3.55. The number of fused-ring (bicyclic) bond motifs is 1. The fourth-order valence-electron chi connectivity index (χ4n) is 3.34. The molecule has 0 spiro atoms. The smallest absolute Gasteiger partial charge is 0.265 e. The third-order valence-corrected chi connectivity index (χ3v) is 6.10. The van der Waals surface area contributed by atoms with Crippen LogP contribution in [-0.4, -0.2) is 27.1 Å². The Morgan fingerprint density at radius 1 is 1.13 bits per heavy atom. The Morgan fingerprint density at radius 2 is 1.87 bits per heavy atom. The number of nitrogens with one attached hydrogen (secondary N) is 1. The molecule has 30 heavy (non-hydrogen) atoms. The Bertz CT molecular complexity index is 1260. The summed E-state index contributed by atoms with van der Waals surface area (Å²) < 4.78 is 1.53. The van der Waals surface area contributed by atoms with E-state index in [0.29, 0.717) is 28.0 Å². The molecule has 0 aliphatic carbocycles. The molecule has 4 rings (SSSR count). The average Bonchev–Trinajstić information content (AvgIpc) is 3.29. The molecule has 6 nitrogen and oxygen atoms in total. The monoisotopic (exact) mass is 419 g/mol. The summed E-state index contributed by atoms with van der Waals surface area (Å²) in [5, 5.41) is 15.8. The molecule has 152 valence electrons. The van der Waals surface area contributed by atoms with Gasteiger partial charge < -0.3 is 10.4 Å². The normalized spacial score (nSPS) is 13.2. The zero-order valence-electron chi connectivity index (χ0n) is 16.6. The second kappa shape index (κ2) is 7.85. The number of thiophene rings is 1. The van der Waals surface area contributed by atoms with E-state index in [1.807, 2.05) is 35.7 Å². The maximum absolute atomic E-state index is 12.9. The highest BCUT2D eigenvalue weighted by Gasteiger charge is 2.25. The second-order valence-corrected chi connectivity index (χ2v) is 8.25. The van der Waals surface area contributed by atoms with Crippen molar-refractivity contribution < 1.29 is 9.90 Å². The van der Waals surface area contributed by atoms with Crippen molar-refractivity contribution in [3.8, 4) is 5.69 Å². The highest BCUT2D eigenvalue weighted by molar-refractivity contribution is 7.10. The van der Waals surface area contributed by atoms with Gasteiger partial charge in [0.05, 0.1) is 23.1 Å². The lowest BCUT2D eigenvalue weighted by Gasteiger charge is -2.22. The van der Waals surface area contributed by atoms with Crippen LogP contribution in [0.1, 0.15) is 28.0 Å². The van der Waals surface area contributed by atoms with Crippen molar-refractivity contribution in [2.24, 2.45) is 0 Å². The van der Waals surface area contributed by atoms with Crippen molar-refractivity contribution in [2.75, 3.05) is 6.54 Å². The van der Waals surface area contributed by atoms with Crippen molar-refractivity contribution in [3.63, 3.8) is 0 Å². The number of carbonyl (C=O) groups is 1. The molecule has 2 N–H and O–H groups in total. The van der Waals surface area contributed by atoms with Crippen LogP contribution in [0.25, 0.3) is 16.6 Å². The molecule has 0 unspecified atom stereocenters. The molecule has 0 fully saturated rings. The largest absolute Gasteiger partial charge is 0.383 e. The Labute approximate surface area is 177 Å². The van der Waals surface area contributed by atoms with E-state index in [2.05, 4.69) is 10.3 Å². The molecule has 0 saturated carbocycles. The fraction of sp³-hybridized carbons (Fsp3) is 0.174. The van der Waals surface area contributed by atoms with Crippen LogP contribution in [-0.2, 0) is 5.60 Å². The number of benzene rings is 2. The lowest BCUT2D eigenvalue weighted by molar-refractivity contribution is 0.0557. The summed E-state index contributed by atoms with van der Waals surface area (Å²) in [5.74, 6) is 0.280. The van der Waals surface area contributed by atoms with Gasteiger partial charge in [0.1, 0.15) is 11.4 Å². The fourth-order valence-corrected chi connectivity index (χ4v) is 4.12. The van der Waals surface area contributed by atoms with Crippen molar-refractivity contribution in [1.29, 1.82) is 0 Å². The third kappa shape index (κ3) is 3.77. The van der Waals surface area contributed by atoms with Crippen LogP contribution in [0.2, 0.25) is 0 Å². The third-order valence-electron chi connectivity index (χ3n) is 4.98. The Kier molecular flexibility index (Phi) is 5.24. The van der Waals surface area contributed by atoms with Crippen molar-refractivity contribution >= 4 is 28.1 Å². The number of aryl methyl sites for hydroxylation is 1.